The quantitative estimate of drug-likeness (QED) is 0.377. The topological polar surface area (TPSA) is 63.6 Å². The summed E-state index contributed by atoms with van der Waals surface area (Å²) in [6, 6.07) is 13.6. The van der Waals surface area contributed by atoms with Gasteiger partial charge in [-0.3, -0.25) is 9.36 Å². The lowest BCUT2D eigenvalue weighted by Crippen LogP contribution is -2.14. The van der Waals surface area contributed by atoms with Crippen molar-refractivity contribution in [3.63, 3.8) is 0 Å². The second-order valence-corrected chi connectivity index (χ2v) is 8.00. The molecule has 5 nitrogen and oxygen atoms in total. The molecule has 0 aliphatic heterocycles. The molecule has 136 valence electrons. The number of hydrogen-bond donors (Lipinski definition) is 1. The van der Waals surface area contributed by atoms with Crippen LogP contribution in [0.5, 0.6) is 0 Å². The van der Waals surface area contributed by atoms with E-state index in [-0.39, 0.29) is 11.0 Å². The number of nitrogens with one attached hydrogen (secondary N) is 1. The van der Waals surface area contributed by atoms with Crippen LogP contribution >= 0.6 is 23.4 Å². The second kappa shape index (κ2) is 7.21. The smallest absolute Gasteiger partial charge is 0.196 e. The van der Waals surface area contributed by atoms with Crippen LogP contribution in [0.3, 0.4) is 0 Å². The first-order valence-electron chi connectivity index (χ1n) is 8.48. The summed E-state index contributed by atoms with van der Waals surface area (Å²) in [6.45, 7) is 3.84. The van der Waals surface area contributed by atoms with Crippen LogP contribution in [-0.4, -0.2) is 30.8 Å². The maximum atomic E-state index is 13.0. The van der Waals surface area contributed by atoms with Gasteiger partial charge in [0.15, 0.2) is 10.9 Å². The summed E-state index contributed by atoms with van der Waals surface area (Å²) in [4.78, 5) is 16.1. The minimum Gasteiger partial charge on any atom is -0.360 e. The highest BCUT2D eigenvalue weighted by atomic mass is 35.5. The highest BCUT2D eigenvalue weighted by Gasteiger charge is 2.22. The van der Waals surface area contributed by atoms with Crippen molar-refractivity contribution in [2.75, 3.05) is 0 Å². The summed E-state index contributed by atoms with van der Waals surface area (Å²) >= 11 is 7.62. The molecule has 0 radical (unpaired) electrons. The molecule has 1 atom stereocenters. The largest absolute Gasteiger partial charge is 0.360 e. The number of nitrogens with zero attached hydrogens (tertiary/aromatic N) is 3. The summed E-state index contributed by atoms with van der Waals surface area (Å²) in [5.74, 6) is 0.0499. The maximum absolute atomic E-state index is 13.0. The van der Waals surface area contributed by atoms with Gasteiger partial charge in [0.2, 0.25) is 0 Å². The molecule has 7 heteroatoms. The normalized spacial score (nSPS) is 12.4. The SMILES string of the molecule is Cc1ccc(-n2cnnc2S[C@@H](C)C(=O)c2c[nH]c3ccccc23)cc1Cl. The number of para-hydroxylation sites is 1. The van der Waals surface area contributed by atoms with Crippen LogP contribution in [0.25, 0.3) is 16.6 Å². The molecule has 4 rings (SSSR count). The average Bonchev–Trinajstić information content (AvgIpc) is 3.30. The fourth-order valence-electron chi connectivity index (χ4n) is 2.92. The van der Waals surface area contributed by atoms with Gasteiger partial charge < -0.3 is 4.98 Å². The minimum atomic E-state index is -0.312. The van der Waals surface area contributed by atoms with E-state index in [1.807, 2.05) is 60.9 Å². The van der Waals surface area contributed by atoms with E-state index in [9.17, 15) is 4.79 Å². The molecule has 0 saturated heterocycles. The molecule has 4 aromatic rings. The van der Waals surface area contributed by atoms with Crippen LogP contribution < -0.4 is 0 Å². The molecule has 0 aliphatic carbocycles. The molecule has 0 aliphatic rings. The lowest BCUT2D eigenvalue weighted by molar-refractivity contribution is 0.0995. The van der Waals surface area contributed by atoms with Crippen LogP contribution in [0.2, 0.25) is 5.02 Å². The van der Waals surface area contributed by atoms with Crippen LogP contribution in [0.1, 0.15) is 22.8 Å². The highest BCUT2D eigenvalue weighted by molar-refractivity contribution is 8.00. The number of hydrogen-bond acceptors (Lipinski definition) is 4. The van der Waals surface area contributed by atoms with Crippen molar-refractivity contribution in [2.45, 2.75) is 24.3 Å². The summed E-state index contributed by atoms with van der Waals surface area (Å²) in [6.07, 6.45) is 3.40. The van der Waals surface area contributed by atoms with E-state index >= 15 is 0 Å². The molecule has 0 unspecified atom stereocenters. The number of carbonyl (C=O) groups is 1. The maximum Gasteiger partial charge on any atom is 0.196 e. The van der Waals surface area contributed by atoms with E-state index in [4.69, 9.17) is 11.6 Å². The minimum absolute atomic E-state index is 0.0499. The van der Waals surface area contributed by atoms with Gasteiger partial charge in [0.1, 0.15) is 6.33 Å². The summed E-state index contributed by atoms with van der Waals surface area (Å²) in [5.41, 5.74) is 3.51. The molecular weight excluding hydrogens is 380 g/mol. The van der Waals surface area contributed by atoms with Crippen molar-refractivity contribution >= 4 is 40.0 Å². The molecule has 2 aromatic carbocycles. The molecule has 0 fully saturated rings. The number of aryl methyl sites for hydroxylation is 1. The fourth-order valence-corrected chi connectivity index (χ4v) is 4.00. The monoisotopic (exact) mass is 396 g/mol. The fraction of sp³-hybridized carbons (Fsp3) is 0.150. The Hall–Kier alpha value is -2.57. The summed E-state index contributed by atoms with van der Waals surface area (Å²) in [5, 5.41) is 10.1. The number of ketones is 1. The van der Waals surface area contributed by atoms with Gasteiger partial charge in [0.25, 0.3) is 0 Å². The molecule has 0 saturated carbocycles. The first kappa shape index (κ1) is 17.8. The molecular formula is C20H17ClN4OS. The zero-order chi connectivity index (χ0) is 19.0. The van der Waals surface area contributed by atoms with Crippen molar-refractivity contribution in [1.82, 2.24) is 19.7 Å². The molecule has 0 spiro atoms. The lowest BCUT2D eigenvalue weighted by atomic mass is 10.1. The second-order valence-electron chi connectivity index (χ2n) is 6.29. The van der Waals surface area contributed by atoms with E-state index in [1.54, 1.807) is 12.5 Å². The van der Waals surface area contributed by atoms with E-state index < -0.39 is 0 Å². The Morgan fingerprint density at radius 1 is 1.26 bits per heavy atom. The number of benzene rings is 2. The van der Waals surface area contributed by atoms with Crippen LogP contribution in [0.15, 0.2) is 60.1 Å². The number of rotatable bonds is 5. The molecule has 0 amide bonds. The third-order valence-electron chi connectivity index (χ3n) is 4.46. The number of H-pyrrole nitrogens is 1. The Morgan fingerprint density at radius 3 is 2.89 bits per heavy atom. The summed E-state index contributed by atoms with van der Waals surface area (Å²) < 4.78 is 1.84. The molecule has 0 bridgehead atoms. The Balaban J connectivity index is 1.60. The van der Waals surface area contributed by atoms with Gasteiger partial charge in [-0.2, -0.15) is 0 Å². The van der Waals surface area contributed by atoms with Crippen molar-refractivity contribution in [2.24, 2.45) is 0 Å². The zero-order valence-electron chi connectivity index (χ0n) is 14.8. The predicted octanol–water partition coefficient (Wildman–Crippen LogP) is 5.07. The molecule has 1 N–H and O–H groups in total. The molecule has 2 heterocycles. The van der Waals surface area contributed by atoms with Gasteiger partial charge in [-0.15, -0.1) is 10.2 Å². The van der Waals surface area contributed by atoms with E-state index in [0.29, 0.717) is 15.7 Å². The zero-order valence-corrected chi connectivity index (χ0v) is 16.4. The predicted molar refractivity (Wildman–Crippen MR) is 109 cm³/mol. The van der Waals surface area contributed by atoms with Gasteiger partial charge in [-0.05, 0) is 37.6 Å². The van der Waals surface area contributed by atoms with Gasteiger partial charge in [0.05, 0.1) is 10.9 Å². The van der Waals surface area contributed by atoms with Crippen molar-refractivity contribution in [3.05, 3.63) is 71.1 Å². The van der Waals surface area contributed by atoms with E-state index in [1.165, 1.54) is 11.8 Å². The van der Waals surface area contributed by atoms with E-state index in [2.05, 4.69) is 15.2 Å². The van der Waals surface area contributed by atoms with Gasteiger partial charge in [0, 0.05) is 27.7 Å². The lowest BCUT2D eigenvalue weighted by Gasteiger charge is -2.11. The number of halogens is 1. The van der Waals surface area contributed by atoms with Crippen LogP contribution in [0, 0.1) is 6.92 Å². The number of aromatic nitrogens is 4. The highest BCUT2D eigenvalue weighted by Crippen LogP contribution is 2.29. The van der Waals surface area contributed by atoms with Gasteiger partial charge in [-0.25, -0.2) is 0 Å². The van der Waals surface area contributed by atoms with Crippen LogP contribution in [-0.2, 0) is 0 Å². The summed E-state index contributed by atoms with van der Waals surface area (Å²) in [7, 11) is 0. The first-order chi connectivity index (χ1) is 13.0. The Kier molecular flexibility index (Phi) is 4.76. The van der Waals surface area contributed by atoms with Crippen LogP contribution in [0.4, 0.5) is 0 Å². The standard InChI is InChI=1S/C20H17ClN4OS/c1-12-7-8-14(9-17(12)21)25-11-23-24-20(25)27-13(2)19(26)16-10-22-18-6-4-3-5-15(16)18/h3-11,13,22H,1-2H3/t13-/m0/s1. The molecule has 27 heavy (non-hydrogen) atoms. The number of aromatic amines is 1. The van der Waals surface area contributed by atoms with E-state index in [0.717, 1.165) is 22.2 Å². The first-order valence-corrected chi connectivity index (χ1v) is 9.74. The number of Topliss-reactive ketones (excluding diaryl/α,β-unsaturated/α-hetero) is 1. The van der Waals surface area contributed by atoms with Crippen molar-refractivity contribution in [1.29, 1.82) is 0 Å². The van der Waals surface area contributed by atoms with Crippen molar-refractivity contribution < 1.29 is 4.79 Å². The van der Waals surface area contributed by atoms with Gasteiger partial charge >= 0.3 is 0 Å². The Labute approximate surface area is 165 Å². The molecule has 2 aromatic heterocycles. The Morgan fingerprint density at radius 2 is 2.07 bits per heavy atom. The van der Waals surface area contributed by atoms with Gasteiger partial charge in [-0.1, -0.05) is 47.6 Å². The number of fused-ring (bicyclic) bond motifs is 1. The Bertz CT molecular complexity index is 1130. The van der Waals surface area contributed by atoms with Crippen molar-refractivity contribution in [3.8, 4) is 5.69 Å². The number of carbonyl (C=O) groups excluding carboxylic acids is 1. The third kappa shape index (κ3) is 3.38. The third-order valence-corrected chi connectivity index (χ3v) is 5.92. The average molecular weight is 397 g/mol. The number of thioether (sulfide) groups is 1.